The molecule has 0 spiro atoms. The van der Waals surface area contributed by atoms with Crippen LogP contribution in [0.2, 0.25) is 5.15 Å². The summed E-state index contributed by atoms with van der Waals surface area (Å²) in [5.41, 5.74) is 4.68. The van der Waals surface area contributed by atoms with Gasteiger partial charge in [-0.25, -0.2) is 4.39 Å². The van der Waals surface area contributed by atoms with E-state index in [2.05, 4.69) is 10.5 Å². The van der Waals surface area contributed by atoms with Crippen molar-refractivity contribution >= 4 is 23.4 Å². The molecule has 0 saturated heterocycles. The highest BCUT2D eigenvalue weighted by atomic mass is 35.5. The topological polar surface area (TPSA) is 55.9 Å². The first-order valence-electron chi connectivity index (χ1n) is 6.53. The lowest BCUT2D eigenvalue weighted by atomic mass is 10.1. The Hall–Kier alpha value is -1.08. The van der Waals surface area contributed by atoms with Crippen molar-refractivity contribution in [3.05, 3.63) is 46.5 Å². The number of thioether (sulfide) groups is 1. The number of hydrogen-bond donors (Lipinski definition) is 2. The zero-order valence-electron chi connectivity index (χ0n) is 11.9. The predicted molar refractivity (Wildman–Crippen MR) is 84.9 cm³/mol. The van der Waals surface area contributed by atoms with E-state index in [0.29, 0.717) is 17.3 Å². The van der Waals surface area contributed by atoms with Crippen molar-refractivity contribution < 1.29 is 4.39 Å². The Morgan fingerprint density at radius 2 is 2.29 bits per heavy atom. The molecule has 1 heterocycles. The van der Waals surface area contributed by atoms with Crippen LogP contribution in [0.5, 0.6) is 0 Å². The fourth-order valence-electron chi connectivity index (χ4n) is 2.07. The largest absolute Gasteiger partial charge is 0.271 e. The Morgan fingerprint density at radius 1 is 1.52 bits per heavy atom. The molecule has 1 atom stereocenters. The normalized spacial score (nSPS) is 12.6. The third-order valence-electron chi connectivity index (χ3n) is 3.20. The second-order valence-electron chi connectivity index (χ2n) is 4.81. The van der Waals surface area contributed by atoms with Crippen LogP contribution in [0.25, 0.3) is 0 Å². The number of nitrogens with one attached hydrogen (secondary N) is 1. The van der Waals surface area contributed by atoms with E-state index < -0.39 is 0 Å². The van der Waals surface area contributed by atoms with Gasteiger partial charge < -0.3 is 0 Å². The molecule has 2 rings (SSSR count). The molecular formula is C14H18ClFN4S. The van der Waals surface area contributed by atoms with Crippen molar-refractivity contribution in [1.82, 2.24) is 15.2 Å². The number of nitrogens with two attached hydrogens (primary N) is 1. The third kappa shape index (κ3) is 4.20. The molecule has 2 aromatic rings. The monoisotopic (exact) mass is 328 g/mol. The van der Waals surface area contributed by atoms with Gasteiger partial charge in [0, 0.05) is 29.3 Å². The van der Waals surface area contributed by atoms with Crippen LogP contribution in [0.3, 0.4) is 0 Å². The lowest BCUT2D eigenvalue weighted by Gasteiger charge is -2.15. The molecule has 3 N–H and O–H groups in total. The van der Waals surface area contributed by atoms with Crippen molar-refractivity contribution in [2.24, 2.45) is 12.9 Å². The van der Waals surface area contributed by atoms with Crippen LogP contribution in [0.1, 0.15) is 11.3 Å². The maximum atomic E-state index is 13.1. The van der Waals surface area contributed by atoms with E-state index in [1.807, 2.05) is 20.0 Å². The van der Waals surface area contributed by atoms with Crippen LogP contribution < -0.4 is 11.3 Å². The Labute approximate surface area is 132 Å². The molecule has 0 aliphatic rings. The number of nitrogens with zero attached hydrogens (tertiary/aromatic N) is 2. The van der Waals surface area contributed by atoms with E-state index in [4.69, 9.17) is 17.4 Å². The number of hydrogen-bond acceptors (Lipinski definition) is 4. The number of hydrazine groups is 1. The van der Waals surface area contributed by atoms with E-state index in [1.54, 1.807) is 22.5 Å². The summed E-state index contributed by atoms with van der Waals surface area (Å²) in [7, 11) is 1.81. The SMILES string of the molecule is Cc1nn(C)c(Cl)c1CC(CSc1cccc(F)c1)NN. The quantitative estimate of drug-likeness (QED) is 0.486. The van der Waals surface area contributed by atoms with Crippen LogP contribution in [0.4, 0.5) is 4.39 Å². The van der Waals surface area contributed by atoms with E-state index in [-0.39, 0.29) is 11.9 Å². The lowest BCUT2D eigenvalue weighted by Crippen LogP contribution is -2.38. The highest BCUT2D eigenvalue weighted by Crippen LogP contribution is 2.24. The van der Waals surface area contributed by atoms with Crippen molar-refractivity contribution in [2.75, 3.05) is 5.75 Å². The summed E-state index contributed by atoms with van der Waals surface area (Å²) >= 11 is 7.78. The summed E-state index contributed by atoms with van der Waals surface area (Å²) in [6.07, 6.45) is 0.678. The third-order valence-corrected chi connectivity index (χ3v) is 4.83. The highest BCUT2D eigenvalue weighted by molar-refractivity contribution is 7.99. The fraction of sp³-hybridized carbons (Fsp3) is 0.357. The first-order valence-corrected chi connectivity index (χ1v) is 7.90. The second-order valence-corrected chi connectivity index (χ2v) is 6.27. The molecule has 0 fully saturated rings. The molecule has 1 aromatic carbocycles. The Morgan fingerprint density at radius 3 is 2.86 bits per heavy atom. The fourth-order valence-corrected chi connectivity index (χ4v) is 3.30. The van der Waals surface area contributed by atoms with Gasteiger partial charge in [0.05, 0.1) is 5.69 Å². The van der Waals surface area contributed by atoms with E-state index in [1.165, 1.54) is 12.1 Å². The molecule has 1 aromatic heterocycles. The highest BCUT2D eigenvalue weighted by Gasteiger charge is 2.16. The molecular weight excluding hydrogens is 311 g/mol. The molecule has 114 valence electrons. The van der Waals surface area contributed by atoms with Crippen LogP contribution >= 0.6 is 23.4 Å². The van der Waals surface area contributed by atoms with Crippen LogP contribution in [0.15, 0.2) is 29.2 Å². The zero-order valence-corrected chi connectivity index (χ0v) is 13.5. The molecule has 0 aliphatic heterocycles. The van der Waals surface area contributed by atoms with Crippen LogP contribution in [-0.2, 0) is 13.5 Å². The Balaban J connectivity index is 2.00. The average Bonchev–Trinajstić information content (AvgIpc) is 2.69. The summed E-state index contributed by atoms with van der Waals surface area (Å²) in [4.78, 5) is 0.879. The van der Waals surface area contributed by atoms with Gasteiger partial charge in [0.25, 0.3) is 0 Å². The molecule has 7 heteroatoms. The van der Waals surface area contributed by atoms with Gasteiger partial charge in [0.15, 0.2) is 0 Å². The molecule has 1 unspecified atom stereocenters. The van der Waals surface area contributed by atoms with Gasteiger partial charge in [0.1, 0.15) is 11.0 Å². The van der Waals surface area contributed by atoms with Gasteiger partial charge in [-0.15, -0.1) is 11.8 Å². The second kappa shape index (κ2) is 7.26. The minimum atomic E-state index is -0.233. The van der Waals surface area contributed by atoms with Crippen molar-refractivity contribution in [3.8, 4) is 0 Å². The summed E-state index contributed by atoms with van der Waals surface area (Å²) < 4.78 is 14.8. The minimum absolute atomic E-state index is 0.0265. The van der Waals surface area contributed by atoms with Crippen molar-refractivity contribution in [3.63, 3.8) is 0 Å². The Bertz CT molecular complexity index is 617. The summed E-state index contributed by atoms with van der Waals surface area (Å²) in [6.45, 7) is 1.93. The van der Waals surface area contributed by atoms with Gasteiger partial charge in [-0.3, -0.25) is 16.0 Å². The zero-order chi connectivity index (χ0) is 15.4. The van der Waals surface area contributed by atoms with Crippen LogP contribution in [-0.4, -0.2) is 21.6 Å². The summed E-state index contributed by atoms with van der Waals surface area (Å²) in [6, 6.07) is 6.55. The van der Waals surface area contributed by atoms with Gasteiger partial charge in [-0.2, -0.15) is 5.10 Å². The molecule has 0 aliphatic carbocycles. The summed E-state index contributed by atoms with van der Waals surface area (Å²) in [5.74, 6) is 6.09. The van der Waals surface area contributed by atoms with E-state index >= 15 is 0 Å². The maximum absolute atomic E-state index is 13.1. The average molecular weight is 329 g/mol. The molecule has 0 bridgehead atoms. The number of rotatable bonds is 6. The number of aromatic nitrogens is 2. The van der Waals surface area contributed by atoms with Gasteiger partial charge >= 0.3 is 0 Å². The maximum Gasteiger partial charge on any atom is 0.130 e. The number of aryl methyl sites for hydroxylation is 2. The molecule has 0 radical (unpaired) electrons. The van der Waals surface area contributed by atoms with E-state index in [9.17, 15) is 4.39 Å². The van der Waals surface area contributed by atoms with Gasteiger partial charge in [-0.05, 0) is 31.5 Å². The van der Waals surface area contributed by atoms with Crippen LogP contribution in [0, 0.1) is 12.7 Å². The minimum Gasteiger partial charge on any atom is -0.271 e. The predicted octanol–water partition coefficient (Wildman–Crippen LogP) is 2.69. The first-order chi connectivity index (χ1) is 10.0. The summed E-state index contributed by atoms with van der Waals surface area (Å²) in [5, 5.41) is 4.92. The molecule has 0 amide bonds. The number of benzene rings is 1. The first kappa shape index (κ1) is 16.3. The smallest absolute Gasteiger partial charge is 0.130 e. The lowest BCUT2D eigenvalue weighted by molar-refractivity contribution is 0.574. The van der Waals surface area contributed by atoms with Gasteiger partial charge in [0.2, 0.25) is 0 Å². The number of halogens is 2. The standard InChI is InChI=1S/C14H18ClFN4S/c1-9-13(14(15)20(2)19-9)7-11(18-17)8-21-12-5-3-4-10(16)6-12/h3-6,11,18H,7-8,17H2,1-2H3. The molecule has 4 nitrogen and oxygen atoms in total. The molecule has 0 saturated carbocycles. The van der Waals surface area contributed by atoms with Gasteiger partial charge in [-0.1, -0.05) is 17.7 Å². The molecule has 21 heavy (non-hydrogen) atoms. The van der Waals surface area contributed by atoms with E-state index in [0.717, 1.165) is 16.2 Å². The van der Waals surface area contributed by atoms with Crippen molar-refractivity contribution in [1.29, 1.82) is 0 Å². The Kier molecular flexibility index (Phi) is 5.64. The van der Waals surface area contributed by atoms with Crippen molar-refractivity contribution in [2.45, 2.75) is 24.3 Å².